The summed E-state index contributed by atoms with van der Waals surface area (Å²) in [5.74, 6) is 0.152. The lowest BCUT2D eigenvalue weighted by atomic mass is 10.1. The van der Waals surface area contributed by atoms with Crippen LogP contribution in [0.2, 0.25) is 0 Å². The maximum atomic E-state index is 12.4. The van der Waals surface area contributed by atoms with Crippen LogP contribution < -0.4 is 4.90 Å². The van der Waals surface area contributed by atoms with Crippen molar-refractivity contribution in [2.75, 3.05) is 25.0 Å². The molecule has 2 rings (SSSR count). The number of aliphatic hydroxyl groups is 1. The van der Waals surface area contributed by atoms with E-state index >= 15 is 0 Å². The fourth-order valence-corrected chi connectivity index (χ4v) is 2.87. The number of likely N-dealkylation sites (N-methyl/N-ethyl adjacent to an activating group) is 1. The maximum absolute atomic E-state index is 12.4. The number of amides is 1. The number of hydrogen-bond acceptors (Lipinski definition) is 3. The number of anilines is 1. The Hall–Kier alpha value is -1.55. The average molecular weight is 276 g/mol. The van der Waals surface area contributed by atoms with Gasteiger partial charge in [-0.25, -0.2) is 0 Å². The highest BCUT2D eigenvalue weighted by Gasteiger charge is 2.29. The molecule has 0 aliphatic carbocycles. The summed E-state index contributed by atoms with van der Waals surface area (Å²) in [5, 5.41) is 9.52. The van der Waals surface area contributed by atoms with Crippen LogP contribution in [0.1, 0.15) is 26.2 Å². The molecular formula is C16H24N2O2. The summed E-state index contributed by atoms with van der Waals surface area (Å²) in [6.45, 7) is 3.00. The fourth-order valence-electron chi connectivity index (χ4n) is 2.87. The van der Waals surface area contributed by atoms with Crippen molar-refractivity contribution in [3.05, 3.63) is 30.3 Å². The summed E-state index contributed by atoms with van der Waals surface area (Å²) in [6, 6.07) is 10.1. The number of aliphatic hydroxyl groups excluding tert-OH is 1. The lowest BCUT2D eigenvalue weighted by molar-refractivity contribution is -0.130. The molecule has 2 unspecified atom stereocenters. The molecule has 0 aromatic heterocycles. The van der Waals surface area contributed by atoms with E-state index in [-0.39, 0.29) is 18.1 Å². The van der Waals surface area contributed by atoms with E-state index in [2.05, 4.69) is 0 Å². The highest BCUT2D eigenvalue weighted by Crippen LogP contribution is 2.22. The van der Waals surface area contributed by atoms with Gasteiger partial charge in [0.05, 0.1) is 12.6 Å². The number of benzene rings is 1. The van der Waals surface area contributed by atoms with Gasteiger partial charge in [0.25, 0.3) is 0 Å². The van der Waals surface area contributed by atoms with Gasteiger partial charge in [-0.2, -0.15) is 0 Å². The lowest BCUT2D eigenvalue weighted by Crippen LogP contribution is -2.42. The summed E-state index contributed by atoms with van der Waals surface area (Å²) in [7, 11) is 1.94. The van der Waals surface area contributed by atoms with Crippen molar-refractivity contribution in [3.63, 3.8) is 0 Å². The summed E-state index contributed by atoms with van der Waals surface area (Å²) in [5.41, 5.74) is 1.05. The Morgan fingerprint density at radius 2 is 2.15 bits per heavy atom. The summed E-state index contributed by atoms with van der Waals surface area (Å²) in [4.78, 5) is 16.3. The van der Waals surface area contributed by atoms with Gasteiger partial charge in [-0.05, 0) is 38.3 Å². The molecule has 1 aromatic rings. The van der Waals surface area contributed by atoms with E-state index in [1.165, 1.54) is 0 Å². The minimum absolute atomic E-state index is 0.152. The van der Waals surface area contributed by atoms with E-state index in [0.29, 0.717) is 13.0 Å². The van der Waals surface area contributed by atoms with Crippen LogP contribution in [0.4, 0.5) is 5.69 Å². The van der Waals surface area contributed by atoms with Crippen LogP contribution in [0, 0.1) is 0 Å². The fraction of sp³-hybridized carbons (Fsp3) is 0.562. The molecule has 1 amide bonds. The molecule has 2 atom stereocenters. The van der Waals surface area contributed by atoms with Crippen molar-refractivity contribution >= 4 is 11.6 Å². The molecule has 4 nitrogen and oxygen atoms in total. The first kappa shape index (κ1) is 14.9. The van der Waals surface area contributed by atoms with Gasteiger partial charge in [0, 0.05) is 25.3 Å². The third-order valence-electron chi connectivity index (χ3n) is 3.88. The quantitative estimate of drug-likeness (QED) is 0.893. The Morgan fingerprint density at radius 1 is 1.45 bits per heavy atom. The molecule has 1 N–H and O–H groups in total. The molecule has 0 spiro atoms. The zero-order valence-electron chi connectivity index (χ0n) is 12.3. The first-order valence-electron chi connectivity index (χ1n) is 7.31. The van der Waals surface area contributed by atoms with Crippen molar-refractivity contribution < 1.29 is 9.90 Å². The van der Waals surface area contributed by atoms with Crippen molar-refractivity contribution in [1.82, 2.24) is 4.90 Å². The molecule has 0 saturated carbocycles. The molecule has 20 heavy (non-hydrogen) atoms. The minimum Gasteiger partial charge on any atom is -0.393 e. The van der Waals surface area contributed by atoms with E-state index in [4.69, 9.17) is 0 Å². The Kier molecular flexibility index (Phi) is 5.01. The third-order valence-corrected chi connectivity index (χ3v) is 3.88. The van der Waals surface area contributed by atoms with Crippen LogP contribution in [0.15, 0.2) is 30.3 Å². The number of carbonyl (C=O) groups is 1. The predicted molar refractivity (Wildman–Crippen MR) is 80.7 cm³/mol. The summed E-state index contributed by atoms with van der Waals surface area (Å²) >= 11 is 0. The SMILES string of the molecule is CC(O)CC1CCCN1C(=O)CN(C)c1ccccc1. The molecule has 1 aliphatic heterocycles. The van der Waals surface area contributed by atoms with Crippen molar-refractivity contribution in [2.45, 2.75) is 38.3 Å². The molecular weight excluding hydrogens is 252 g/mol. The minimum atomic E-state index is -0.347. The van der Waals surface area contributed by atoms with Crippen molar-refractivity contribution in [1.29, 1.82) is 0 Å². The van der Waals surface area contributed by atoms with Gasteiger partial charge in [0.15, 0.2) is 0 Å². The Labute approximate surface area is 121 Å². The van der Waals surface area contributed by atoms with Crippen molar-refractivity contribution in [3.8, 4) is 0 Å². The van der Waals surface area contributed by atoms with Gasteiger partial charge in [-0.15, -0.1) is 0 Å². The Balaban J connectivity index is 1.94. The molecule has 1 saturated heterocycles. The lowest BCUT2D eigenvalue weighted by Gasteiger charge is -2.28. The van der Waals surface area contributed by atoms with Crippen LogP contribution in [-0.4, -0.2) is 48.2 Å². The number of likely N-dealkylation sites (tertiary alicyclic amines) is 1. The van der Waals surface area contributed by atoms with Crippen LogP contribution in [0.25, 0.3) is 0 Å². The van der Waals surface area contributed by atoms with Crippen LogP contribution >= 0.6 is 0 Å². The van der Waals surface area contributed by atoms with Gasteiger partial charge in [-0.1, -0.05) is 18.2 Å². The van der Waals surface area contributed by atoms with E-state index in [1.54, 1.807) is 6.92 Å². The maximum Gasteiger partial charge on any atom is 0.242 e. The van der Waals surface area contributed by atoms with Crippen LogP contribution in [0.5, 0.6) is 0 Å². The molecule has 0 bridgehead atoms. The highest BCUT2D eigenvalue weighted by molar-refractivity contribution is 5.81. The van der Waals surface area contributed by atoms with E-state index in [9.17, 15) is 9.90 Å². The zero-order chi connectivity index (χ0) is 14.5. The molecule has 1 heterocycles. The van der Waals surface area contributed by atoms with Gasteiger partial charge in [-0.3, -0.25) is 4.79 Å². The second-order valence-electron chi connectivity index (χ2n) is 5.66. The number of rotatable bonds is 5. The zero-order valence-corrected chi connectivity index (χ0v) is 12.3. The first-order valence-corrected chi connectivity index (χ1v) is 7.31. The topological polar surface area (TPSA) is 43.8 Å². The van der Waals surface area contributed by atoms with E-state index < -0.39 is 0 Å². The van der Waals surface area contributed by atoms with E-state index in [0.717, 1.165) is 25.1 Å². The third kappa shape index (κ3) is 3.73. The summed E-state index contributed by atoms with van der Waals surface area (Å²) in [6.07, 6.45) is 2.38. The standard InChI is InChI=1S/C16H24N2O2/c1-13(19)11-15-9-6-10-18(15)16(20)12-17(2)14-7-4-3-5-8-14/h3-5,7-8,13,15,19H,6,9-12H2,1-2H3. The Bertz CT molecular complexity index is 433. The molecule has 1 aliphatic rings. The molecule has 110 valence electrons. The molecule has 1 aromatic carbocycles. The molecule has 1 fully saturated rings. The number of nitrogens with zero attached hydrogens (tertiary/aromatic N) is 2. The van der Waals surface area contributed by atoms with Gasteiger partial charge < -0.3 is 14.9 Å². The van der Waals surface area contributed by atoms with Gasteiger partial charge >= 0.3 is 0 Å². The van der Waals surface area contributed by atoms with Crippen molar-refractivity contribution in [2.24, 2.45) is 0 Å². The average Bonchev–Trinajstić information content (AvgIpc) is 2.87. The highest BCUT2D eigenvalue weighted by atomic mass is 16.3. The van der Waals surface area contributed by atoms with Gasteiger partial charge in [0.2, 0.25) is 5.91 Å². The predicted octanol–water partition coefficient (Wildman–Crippen LogP) is 1.88. The first-order chi connectivity index (χ1) is 9.58. The van der Waals surface area contributed by atoms with Crippen LogP contribution in [0.3, 0.4) is 0 Å². The van der Waals surface area contributed by atoms with Crippen LogP contribution in [-0.2, 0) is 4.79 Å². The summed E-state index contributed by atoms with van der Waals surface area (Å²) < 4.78 is 0. The monoisotopic (exact) mass is 276 g/mol. The largest absolute Gasteiger partial charge is 0.393 e. The van der Waals surface area contributed by atoms with Gasteiger partial charge in [0.1, 0.15) is 0 Å². The second kappa shape index (κ2) is 6.75. The number of hydrogen-bond donors (Lipinski definition) is 1. The normalized spacial score (nSPS) is 19.9. The Morgan fingerprint density at radius 3 is 2.80 bits per heavy atom. The van der Waals surface area contributed by atoms with E-state index in [1.807, 2.05) is 47.2 Å². The smallest absolute Gasteiger partial charge is 0.242 e. The second-order valence-corrected chi connectivity index (χ2v) is 5.66. The molecule has 0 radical (unpaired) electrons. The number of para-hydroxylation sites is 1. The molecule has 4 heteroatoms. The number of carbonyl (C=O) groups excluding carboxylic acids is 1.